The summed E-state index contributed by atoms with van der Waals surface area (Å²) >= 11 is 0. The van der Waals surface area contributed by atoms with Crippen LogP contribution in [0.1, 0.15) is 45.4 Å². The lowest BCUT2D eigenvalue weighted by Crippen LogP contribution is -2.46. The van der Waals surface area contributed by atoms with Gasteiger partial charge in [0.1, 0.15) is 0 Å². The molecule has 0 aromatic rings. The first kappa shape index (κ1) is 11.9. The van der Waals surface area contributed by atoms with E-state index in [0.29, 0.717) is 0 Å². The van der Waals surface area contributed by atoms with Crippen molar-refractivity contribution in [3.63, 3.8) is 0 Å². The van der Waals surface area contributed by atoms with E-state index >= 15 is 0 Å². The smallest absolute Gasteiger partial charge is 0.226 e. The minimum absolute atomic E-state index is 0.120. The third kappa shape index (κ3) is 2.76. The first-order valence-electron chi connectivity index (χ1n) is 6.70. The highest BCUT2D eigenvalue weighted by atomic mass is 16.2. The predicted molar refractivity (Wildman–Crippen MR) is 65.2 cm³/mol. The highest BCUT2D eigenvalue weighted by Gasteiger charge is 2.34. The molecule has 2 N–H and O–H groups in total. The van der Waals surface area contributed by atoms with Crippen molar-refractivity contribution in [2.75, 3.05) is 19.6 Å². The molecule has 3 nitrogen and oxygen atoms in total. The topological polar surface area (TPSA) is 41.1 Å². The minimum Gasteiger partial charge on any atom is -0.356 e. The molecular weight excluding hydrogens is 200 g/mol. The zero-order chi connectivity index (χ0) is 11.4. The maximum atomic E-state index is 12.1. The summed E-state index contributed by atoms with van der Waals surface area (Å²) in [5, 5.41) is 6.43. The van der Waals surface area contributed by atoms with E-state index in [-0.39, 0.29) is 11.3 Å². The number of rotatable bonds is 4. The van der Waals surface area contributed by atoms with Gasteiger partial charge in [-0.1, -0.05) is 26.2 Å². The van der Waals surface area contributed by atoms with Gasteiger partial charge in [-0.2, -0.15) is 0 Å². The summed E-state index contributed by atoms with van der Waals surface area (Å²) in [6, 6.07) is 0. The molecule has 1 aliphatic carbocycles. The van der Waals surface area contributed by atoms with Gasteiger partial charge >= 0.3 is 0 Å². The Morgan fingerprint density at radius 3 is 2.62 bits per heavy atom. The van der Waals surface area contributed by atoms with Crippen LogP contribution in [0.2, 0.25) is 0 Å². The molecule has 16 heavy (non-hydrogen) atoms. The fourth-order valence-corrected chi connectivity index (χ4v) is 2.59. The van der Waals surface area contributed by atoms with Crippen LogP contribution in [0.4, 0.5) is 0 Å². The Bertz CT molecular complexity index is 242. The van der Waals surface area contributed by atoms with Crippen LogP contribution >= 0.6 is 0 Å². The van der Waals surface area contributed by atoms with Crippen molar-refractivity contribution in [3.8, 4) is 0 Å². The summed E-state index contributed by atoms with van der Waals surface area (Å²) < 4.78 is 0. The van der Waals surface area contributed by atoms with Crippen LogP contribution in [0.15, 0.2) is 0 Å². The number of nitrogens with one attached hydrogen (secondary N) is 2. The molecule has 2 aliphatic rings. The predicted octanol–water partition coefficient (Wildman–Crippen LogP) is 1.68. The van der Waals surface area contributed by atoms with E-state index in [9.17, 15) is 4.79 Å². The normalized spacial score (nSPS) is 24.8. The number of piperidine rings is 1. The third-order valence-corrected chi connectivity index (χ3v) is 4.32. The summed E-state index contributed by atoms with van der Waals surface area (Å²) in [4.78, 5) is 12.1. The van der Waals surface area contributed by atoms with Gasteiger partial charge in [0, 0.05) is 12.0 Å². The second-order valence-corrected chi connectivity index (χ2v) is 5.65. The van der Waals surface area contributed by atoms with Gasteiger partial charge in [0.25, 0.3) is 0 Å². The largest absolute Gasteiger partial charge is 0.356 e. The number of carbonyl (C=O) groups is 1. The van der Waals surface area contributed by atoms with Crippen molar-refractivity contribution >= 4 is 5.91 Å². The molecule has 1 saturated heterocycles. The first-order valence-corrected chi connectivity index (χ1v) is 6.70. The average molecular weight is 224 g/mol. The van der Waals surface area contributed by atoms with Crippen LogP contribution in [0, 0.1) is 11.3 Å². The molecule has 2 rings (SSSR count). The van der Waals surface area contributed by atoms with E-state index in [1.165, 1.54) is 25.7 Å². The van der Waals surface area contributed by atoms with Crippen LogP contribution in [-0.2, 0) is 4.79 Å². The summed E-state index contributed by atoms with van der Waals surface area (Å²) in [6.45, 7) is 4.94. The van der Waals surface area contributed by atoms with Crippen molar-refractivity contribution in [1.82, 2.24) is 10.6 Å². The number of hydrogen-bond donors (Lipinski definition) is 2. The Kier molecular flexibility index (Phi) is 3.85. The van der Waals surface area contributed by atoms with Gasteiger partial charge in [-0.15, -0.1) is 0 Å². The Hall–Kier alpha value is -0.570. The molecule has 3 heteroatoms. The van der Waals surface area contributed by atoms with E-state index in [1.54, 1.807) is 0 Å². The van der Waals surface area contributed by atoms with Crippen LogP contribution < -0.4 is 10.6 Å². The highest BCUT2D eigenvalue weighted by molar-refractivity contribution is 5.82. The van der Waals surface area contributed by atoms with E-state index < -0.39 is 0 Å². The maximum absolute atomic E-state index is 12.1. The van der Waals surface area contributed by atoms with Gasteiger partial charge in [-0.05, 0) is 38.3 Å². The maximum Gasteiger partial charge on any atom is 0.226 e. The molecule has 0 unspecified atom stereocenters. The van der Waals surface area contributed by atoms with E-state index in [1.807, 2.05) is 0 Å². The molecule has 92 valence electrons. The quantitative estimate of drug-likeness (QED) is 0.763. The lowest BCUT2D eigenvalue weighted by atomic mass is 9.79. The summed E-state index contributed by atoms with van der Waals surface area (Å²) in [5.74, 6) is 1.16. The standard InChI is InChI=1S/C13H24N2O/c1-13(6-9-14-10-7-13)12(16)15-8-5-11-3-2-4-11/h11,14H,2-10H2,1H3,(H,15,16). The first-order chi connectivity index (χ1) is 7.71. The van der Waals surface area contributed by atoms with Crippen molar-refractivity contribution in [2.45, 2.75) is 45.4 Å². The van der Waals surface area contributed by atoms with Gasteiger partial charge in [-0.25, -0.2) is 0 Å². The third-order valence-electron chi connectivity index (χ3n) is 4.32. The fraction of sp³-hybridized carbons (Fsp3) is 0.923. The van der Waals surface area contributed by atoms with Gasteiger partial charge in [0.15, 0.2) is 0 Å². The number of amides is 1. The molecule has 0 spiro atoms. The molecule has 0 aromatic carbocycles. The van der Waals surface area contributed by atoms with Gasteiger partial charge in [0.05, 0.1) is 0 Å². The fourth-order valence-electron chi connectivity index (χ4n) is 2.59. The zero-order valence-corrected chi connectivity index (χ0v) is 10.3. The lowest BCUT2D eigenvalue weighted by Gasteiger charge is -2.33. The molecule has 1 aliphatic heterocycles. The summed E-state index contributed by atoms with van der Waals surface area (Å²) in [6.07, 6.45) is 7.26. The van der Waals surface area contributed by atoms with Crippen LogP contribution in [0.3, 0.4) is 0 Å². The van der Waals surface area contributed by atoms with Gasteiger partial charge < -0.3 is 10.6 Å². The average Bonchev–Trinajstić information content (AvgIpc) is 2.22. The molecule has 0 aromatic heterocycles. The molecule has 1 heterocycles. The lowest BCUT2D eigenvalue weighted by molar-refractivity contribution is -0.131. The van der Waals surface area contributed by atoms with E-state index in [0.717, 1.165) is 38.4 Å². The monoisotopic (exact) mass is 224 g/mol. The second-order valence-electron chi connectivity index (χ2n) is 5.65. The van der Waals surface area contributed by atoms with Crippen molar-refractivity contribution in [2.24, 2.45) is 11.3 Å². The number of hydrogen-bond acceptors (Lipinski definition) is 2. The Morgan fingerprint density at radius 1 is 1.38 bits per heavy atom. The molecule has 2 fully saturated rings. The van der Waals surface area contributed by atoms with Crippen LogP contribution in [0.5, 0.6) is 0 Å². The molecule has 1 amide bonds. The van der Waals surface area contributed by atoms with E-state index in [2.05, 4.69) is 17.6 Å². The molecule has 0 radical (unpaired) electrons. The molecular formula is C13H24N2O. The Morgan fingerprint density at radius 2 is 2.06 bits per heavy atom. The van der Waals surface area contributed by atoms with Gasteiger partial charge in [0.2, 0.25) is 5.91 Å². The molecule has 1 saturated carbocycles. The molecule has 0 bridgehead atoms. The molecule has 0 atom stereocenters. The van der Waals surface area contributed by atoms with Crippen molar-refractivity contribution in [3.05, 3.63) is 0 Å². The van der Waals surface area contributed by atoms with Crippen LogP contribution in [0.25, 0.3) is 0 Å². The highest BCUT2D eigenvalue weighted by Crippen LogP contribution is 2.30. The van der Waals surface area contributed by atoms with Crippen molar-refractivity contribution < 1.29 is 4.79 Å². The summed E-state index contributed by atoms with van der Waals surface area (Å²) in [5.41, 5.74) is -0.120. The van der Waals surface area contributed by atoms with Crippen molar-refractivity contribution in [1.29, 1.82) is 0 Å². The SMILES string of the molecule is CC1(C(=O)NCCC2CCC2)CCNCC1. The number of carbonyl (C=O) groups excluding carboxylic acids is 1. The minimum atomic E-state index is -0.120. The second kappa shape index (κ2) is 5.17. The Balaban J connectivity index is 1.69. The Labute approximate surface area is 98.4 Å². The van der Waals surface area contributed by atoms with E-state index in [4.69, 9.17) is 0 Å². The van der Waals surface area contributed by atoms with Gasteiger partial charge in [-0.3, -0.25) is 4.79 Å². The zero-order valence-electron chi connectivity index (χ0n) is 10.3. The summed E-state index contributed by atoms with van der Waals surface area (Å²) in [7, 11) is 0. The van der Waals surface area contributed by atoms with Crippen LogP contribution in [-0.4, -0.2) is 25.5 Å².